The molecule has 0 saturated carbocycles. The molecule has 3 atom stereocenters. The number of nitrogens with zero attached hydrogens (tertiary/aromatic N) is 1. The third-order valence-electron chi connectivity index (χ3n) is 3.87. The van der Waals surface area contributed by atoms with E-state index < -0.39 is 0 Å². The van der Waals surface area contributed by atoms with Crippen molar-refractivity contribution in [3.8, 4) is 0 Å². The minimum atomic E-state index is -0.0519. The fourth-order valence-electron chi connectivity index (χ4n) is 2.88. The minimum Gasteiger partial charge on any atom is -0.361 e. The van der Waals surface area contributed by atoms with Crippen molar-refractivity contribution >= 4 is 5.91 Å². The standard InChI is InChI=1S/C14H23N3O2/c1-8-7-12(5-6-15-8)14(18)16-9(2)13-10(3)17-19-11(13)4/h8-9,12,15H,5-7H2,1-4H3,(H,16,18). The zero-order valence-electron chi connectivity index (χ0n) is 12.1. The molecule has 2 rings (SSSR count). The highest BCUT2D eigenvalue weighted by Crippen LogP contribution is 2.23. The highest BCUT2D eigenvalue weighted by atomic mass is 16.5. The van der Waals surface area contributed by atoms with E-state index in [-0.39, 0.29) is 17.9 Å². The summed E-state index contributed by atoms with van der Waals surface area (Å²) in [7, 11) is 0. The second-order valence-corrected chi connectivity index (χ2v) is 5.54. The summed E-state index contributed by atoms with van der Waals surface area (Å²) in [5, 5.41) is 10.4. The molecule has 1 aliphatic heterocycles. The van der Waals surface area contributed by atoms with Gasteiger partial charge in [-0.15, -0.1) is 0 Å². The summed E-state index contributed by atoms with van der Waals surface area (Å²) in [6, 6.07) is 0.364. The fourth-order valence-corrected chi connectivity index (χ4v) is 2.88. The number of piperidine rings is 1. The monoisotopic (exact) mass is 265 g/mol. The third-order valence-corrected chi connectivity index (χ3v) is 3.87. The topological polar surface area (TPSA) is 67.2 Å². The molecule has 5 heteroatoms. The third kappa shape index (κ3) is 3.15. The lowest BCUT2D eigenvalue weighted by Crippen LogP contribution is -2.43. The van der Waals surface area contributed by atoms with Gasteiger partial charge >= 0.3 is 0 Å². The Bertz CT molecular complexity index is 436. The van der Waals surface area contributed by atoms with Crippen LogP contribution in [0.4, 0.5) is 0 Å². The molecule has 1 aromatic rings. The summed E-state index contributed by atoms with van der Waals surface area (Å²) in [4.78, 5) is 12.3. The number of carbonyl (C=O) groups excluding carboxylic acids is 1. The number of hydrogen-bond acceptors (Lipinski definition) is 4. The molecule has 1 aliphatic rings. The van der Waals surface area contributed by atoms with E-state index in [1.54, 1.807) is 0 Å². The van der Waals surface area contributed by atoms with E-state index in [1.807, 2.05) is 20.8 Å². The van der Waals surface area contributed by atoms with Crippen LogP contribution in [0.2, 0.25) is 0 Å². The van der Waals surface area contributed by atoms with E-state index in [0.29, 0.717) is 6.04 Å². The summed E-state index contributed by atoms with van der Waals surface area (Å²) in [6.07, 6.45) is 1.81. The van der Waals surface area contributed by atoms with Gasteiger partial charge in [0.15, 0.2) is 0 Å². The minimum absolute atomic E-state index is 0.0519. The molecule has 106 valence electrons. The van der Waals surface area contributed by atoms with Gasteiger partial charge in [0.05, 0.1) is 11.7 Å². The predicted octanol–water partition coefficient (Wildman–Crippen LogP) is 1.86. The van der Waals surface area contributed by atoms with Crippen molar-refractivity contribution in [2.45, 2.75) is 52.6 Å². The van der Waals surface area contributed by atoms with Crippen LogP contribution in [0.1, 0.15) is 49.7 Å². The molecule has 19 heavy (non-hydrogen) atoms. The molecule has 1 amide bonds. The molecular weight excluding hydrogens is 242 g/mol. The molecule has 0 spiro atoms. The number of aromatic nitrogens is 1. The lowest BCUT2D eigenvalue weighted by atomic mass is 9.92. The van der Waals surface area contributed by atoms with Crippen LogP contribution in [-0.2, 0) is 4.79 Å². The zero-order valence-corrected chi connectivity index (χ0v) is 12.1. The molecule has 2 N–H and O–H groups in total. The number of nitrogens with one attached hydrogen (secondary N) is 2. The van der Waals surface area contributed by atoms with Crippen molar-refractivity contribution < 1.29 is 9.32 Å². The maximum atomic E-state index is 12.3. The molecule has 3 unspecified atom stereocenters. The first kappa shape index (κ1) is 14.1. The SMILES string of the molecule is Cc1noc(C)c1C(C)NC(=O)C1CCNC(C)C1. The van der Waals surface area contributed by atoms with E-state index in [0.717, 1.165) is 36.4 Å². The molecule has 0 bridgehead atoms. The Kier molecular flexibility index (Phi) is 4.24. The Morgan fingerprint density at radius 3 is 2.84 bits per heavy atom. The van der Waals surface area contributed by atoms with E-state index >= 15 is 0 Å². The lowest BCUT2D eigenvalue weighted by molar-refractivity contribution is -0.126. The van der Waals surface area contributed by atoms with Gasteiger partial charge in [0.1, 0.15) is 5.76 Å². The second kappa shape index (κ2) is 5.74. The molecule has 1 saturated heterocycles. The first-order chi connectivity index (χ1) is 8.99. The molecule has 5 nitrogen and oxygen atoms in total. The first-order valence-electron chi connectivity index (χ1n) is 6.95. The van der Waals surface area contributed by atoms with Gasteiger partial charge in [-0.25, -0.2) is 0 Å². The molecular formula is C14H23N3O2. The largest absolute Gasteiger partial charge is 0.361 e. The number of aryl methyl sites for hydroxylation is 2. The van der Waals surface area contributed by atoms with E-state index in [1.165, 1.54) is 0 Å². The average Bonchev–Trinajstić information content (AvgIpc) is 2.69. The Balaban J connectivity index is 1.99. The number of carbonyl (C=O) groups is 1. The predicted molar refractivity (Wildman–Crippen MR) is 72.7 cm³/mol. The molecule has 0 radical (unpaired) electrons. The van der Waals surface area contributed by atoms with Gasteiger partial charge in [-0.05, 0) is 47.1 Å². The maximum Gasteiger partial charge on any atom is 0.223 e. The van der Waals surface area contributed by atoms with E-state index in [9.17, 15) is 4.79 Å². The summed E-state index contributed by atoms with van der Waals surface area (Å²) >= 11 is 0. The Morgan fingerprint density at radius 1 is 1.53 bits per heavy atom. The fraction of sp³-hybridized carbons (Fsp3) is 0.714. The van der Waals surface area contributed by atoms with Crippen LogP contribution in [0.3, 0.4) is 0 Å². The summed E-state index contributed by atoms with van der Waals surface area (Å²) in [5.74, 6) is 1.03. The van der Waals surface area contributed by atoms with Crippen molar-refractivity contribution in [1.82, 2.24) is 15.8 Å². The molecule has 0 aromatic carbocycles. The number of rotatable bonds is 3. The van der Waals surface area contributed by atoms with Crippen molar-refractivity contribution in [3.63, 3.8) is 0 Å². The van der Waals surface area contributed by atoms with Crippen LogP contribution in [0.15, 0.2) is 4.52 Å². The van der Waals surface area contributed by atoms with E-state index in [4.69, 9.17) is 4.52 Å². The van der Waals surface area contributed by atoms with Crippen molar-refractivity contribution in [2.24, 2.45) is 5.92 Å². The van der Waals surface area contributed by atoms with Crippen LogP contribution in [0, 0.1) is 19.8 Å². The Morgan fingerprint density at radius 2 is 2.26 bits per heavy atom. The van der Waals surface area contributed by atoms with Crippen molar-refractivity contribution in [3.05, 3.63) is 17.0 Å². The van der Waals surface area contributed by atoms with Gasteiger partial charge in [0, 0.05) is 17.5 Å². The molecule has 2 heterocycles. The van der Waals surface area contributed by atoms with Gasteiger partial charge in [-0.3, -0.25) is 4.79 Å². The smallest absolute Gasteiger partial charge is 0.223 e. The zero-order chi connectivity index (χ0) is 14.0. The maximum absolute atomic E-state index is 12.3. The first-order valence-corrected chi connectivity index (χ1v) is 6.95. The molecule has 1 aromatic heterocycles. The number of hydrogen-bond donors (Lipinski definition) is 2. The van der Waals surface area contributed by atoms with Crippen molar-refractivity contribution in [1.29, 1.82) is 0 Å². The molecule has 0 aliphatic carbocycles. The quantitative estimate of drug-likeness (QED) is 0.875. The highest BCUT2D eigenvalue weighted by molar-refractivity contribution is 5.79. The summed E-state index contributed by atoms with van der Waals surface area (Å²) < 4.78 is 5.15. The summed E-state index contributed by atoms with van der Waals surface area (Å²) in [5.41, 5.74) is 1.85. The van der Waals surface area contributed by atoms with Crippen LogP contribution in [-0.4, -0.2) is 23.7 Å². The van der Waals surface area contributed by atoms with Crippen LogP contribution >= 0.6 is 0 Å². The average molecular weight is 265 g/mol. The molecule has 1 fully saturated rings. The number of amides is 1. The normalized spacial score (nSPS) is 25.1. The van der Waals surface area contributed by atoms with Gasteiger partial charge in [0.2, 0.25) is 5.91 Å². The van der Waals surface area contributed by atoms with Gasteiger partial charge in [0.25, 0.3) is 0 Å². The second-order valence-electron chi connectivity index (χ2n) is 5.54. The van der Waals surface area contributed by atoms with Gasteiger partial charge in [-0.1, -0.05) is 5.16 Å². The van der Waals surface area contributed by atoms with E-state index in [2.05, 4.69) is 22.7 Å². The Hall–Kier alpha value is -1.36. The van der Waals surface area contributed by atoms with Gasteiger partial charge in [-0.2, -0.15) is 0 Å². The van der Waals surface area contributed by atoms with Gasteiger partial charge < -0.3 is 15.2 Å². The van der Waals surface area contributed by atoms with Crippen LogP contribution < -0.4 is 10.6 Å². The summed E-state index contributed by atoms with van der Waals surface area (Å²) in [6.45, 7) is 8.80. The highest BCUT2D eigenvalue weighted by Gasteiger charge is 2.27. The van der Waals surface area contributed by atoms with Crippen LogP contribution in [0.25, 0.3) is 0 Å². The Labute approximate surface area is 114 Å². The van der Waals surface area contributed by atoms with Crippen LogP contribution in [0.5, 0.6) is 0 Å². The van der Waals surface area contributed by atoms with Crippen molar-refractivity contribution in [2.75, 3.05) is 6.54 Å². The lowest BCUT2D eigenvalue weighted by Gasteiger charge is -2.28.